The van der Waals surface area contributed by atoms with Crippen LogP contribution in [0.3, 0.4) is 0 Å². The molecule has 0 aliphatic heterocycles. The molecule has 0 aromatic heterocycles. The van der Waals surface area contributed by atoms with Crippen molar-refractivity contribution in [1.29, 1.82) is 0 Å². The zero-order valence-electron chi connectivity index (χ0n) is 40.4. The highest BCUT2D eigenvalue weighted by Crippen LogP contribution is 2.65. The Hall–Kier alpha value is -5.14. The van der Waals surface area contributed by atoms with E-state index in [0.717, 1.165) is 0 Å². The summed E-state index contributed by atoms with van der Waals surface area (Å²) in [7, 11) is 0. The van der Waals surface area contributed by atoms with Crippen LogP contribution in [0.2, 0.25) is 0 Å². The molecular weight excluding hydrogens is 1320 g/mol. The Morgan fingerprint density at radius 2 is 0.506 bits per heavy atom. The standard InChI is InChI=1S/C39H29F39O7/c1-13(19(80)81)4-17(8-24(44,45)27(50,51)34(64,65)37(70,71)72)11-84-21(83)15(3)6-18(9-23(42,43)26(48,49)29(54,55)32(60,61)35(66,67)38(73,74)75)12-85-20(82)14(2)5-16(10-79)7-22(40,41)25(46,47)28(52,53)30(56,57)31(58,59)33(62,63)36(68,69)39(76,77)78/h4-6,16-18,79H,7-12H2,1-3H3,(H,80,81). The average Bonchev–Trinajstić information content (AvgIpc) is 3.29. The highest BCUT2D eigenvalue weighted by molar-refractivity contribution is 5.88. The number of esters is 2. The van der Waals surface area contributed by atoms with Crippen LogP contribution in [0, 0.1) is 17.8 Å². The molecule has 2 N–H and O–H groups in total. The van der Waals surface area contributed by atoms with Crippen LogP contribution in [0.25, 0.3) is 0 Å². The van der Waals surface area contributed by atoms with Gasteiger partial charge in [0.1, 0.15) is 0 Å². The molecule has 0 aromatic carbocycles. The van der Waals surface area contributed by atoms with Crippen molar-refractivity contribution in [2.75, 3.05) is 19.8 Å². The quantitative estimate of drug-likeness (QED) is 0.0436. The SMILES string of the molecule is CC(=CC(COC(=O)C(C)=CC(COC(=O)C(C)=CC(CO)CC(F)(F)C(F)(F)C(F)(F)C(F)(F)C(F)(F)C(F)(F)C(F)(F)C(F)(F)F)CC(F)(F)C(F)(F)C(F)(F)C(F)(F)C(F)(F)C(F)(F)F)CC(F)(F)C(F)(F)C(F)(F)C(F)(F)F)C(=O)O. The zero-order valence-corrected chi connectivity index (χ0v) is 40.4. The van der Waals surface area contributed by atoms with Crippen molar-refractivity contribution in [1.82, 2.24) is 0 Å². The number of carboxylic acids is 1. The van der Waals surface area contributed by atoms with Gasteiger partial charge in [0.2, 0.25) is 0 Å². The van der Waals surface area contributed by atoms with E-state index in [4.69, 9.17) is 5.11 Å². The first-order chi connectivity index (χ1) is 36.8. The van der Waals surface area contributed by atoms with E-state index in [9.17, 15) is 182 Å². The minimum absolute atomic E-state index is 0.0309. The number of halogens is 39. The molecule has 0 amide bonds. The molecule has 85 heavy (non-hydrogen) atoms. The van der Waals surface area contributed by atoms with E-state index >= 15 is 8.78 Å². The van der Waals surface area contributed by atoms with Gasteiger partial charge in [-0.15, -0.1) is 0 Å². The van der Waals surface area contributed by atoms with E-state index in [1.54, 1.807) is 0 Å². The van der Waals surface area contributed by atoms with E-state index in [2.05, 4.69) is 9.47 Å². The van der Waals surface area contributed by atoms with Gasteiger partial charge >= 0.3 is 125 Å². The minimum atomic E-state index is -9.15. The molecule has 0 heterocycles. The Labute approximate surface area is 443 Å². The number of aliphatic hydroxyl groups is 1. The fraction of sp³-hybridized carbons (Fsp3) is 0.769. The van der Waals surface area contributed by atoms with Gasteiger partial charge in [-0.25, -0.2) is 14.4 Å². The van der Waals surface area contributed by atoms with Crippen LogP contribution in [0.15, 0.2) is 34.9 Å². The number of ether oxygens (including phenoxy) is 2. The number of hydrogen-bond donors (Lipinski definition) is 2. The highest BCUT2D eigenvalue weighted by Gasteiger charge is 2.96. The van der Waals surface area contributed by atoms with Crippen LogP contribution in [0.5, 0.6) is 0 Å². The van der Waals surface area contributed by atoms with Crippen LogP contribution in [0.1, 0.15) is 40.0 Å². The second-order valence-corrected chi connectivity index (χ2v) is 17.6. The van der Waals surface area contributed by atoms with Crippen LogP contribution in [-0.2, 0) is 23.9 Å². The highest BCUT2D eigenvalue weighted by atomic mass is 19.5. The van der Waals surface area contributed by atoms with Crippen molar-refractivity contribution in [2.45, 2.75) is 147 Å². The van der Waals surface area contributed by atoms with Crippen molar-refractivity contribution in [3.63, 3.8) is 0 Å². The van der Waals surface area contributed by atoms with E-state index in [-0.39, 0.29) is 19.9 Å². The topological polar surface area (TPSA) is 110 Å². The Balaban J connectivity index is 7.72. The third kappa shape index (κ3) is 14.2. The minimum Gasteiger partial charge on any atom is -0.478 e. The maximum atomic E-state index is 15.1. The number of hydrogen-bond acceptors (Lipinski definition) is 6. The Bertz CT molecular complexity index is 2460. The summed E-state index contributed by atoms with van der Waals surface area (Å²) in [6.07, 6.45) is -35.7. The third-order valence-electron chi connectivity index (χ3n) is 11.1. The van der Waals surface area contributed by atoms with Gasteiger partial charge in [0, 0.05) is 60.3 Å². The Morgan fingerprint density at radius 1 is 0.318 bits per heavy atom. The van der Waals surface area contributed by atoms with Gasteiger partial charge in [-0.1, -0.05) is 18.2 Å². The van der Waals surface area contributed by atoms with E-state index in [0.29, 0.717) is 6.92 Å². The molecule has 0 saturated carbocycles. The van der Waals surface area contributed by atoms with Gasteiger partial charge in [-0.2, -0.15) is 171 Å². The van der Waals surface area contributed by atoms with Crippen molar-refractivity contribution < 1.29 is 205 Å². The monoisotopic (exact) mass is 1350 g/mol. The Morgan fingerprint density at radius 3 is 0.741 bits per heavy atom. The molecule has 0 spiro atoms. The van der Waals surface area contributed by atoms with E-state index < -0.39 is 211 Å². The molecule has 3 atom stereocenters. The molecular formula is C39H29F39O7. The lowest BCUT2D eigenvalue weighted by Crippen LogP contribution is -2.74. The van der Waals surface area contributed by atoms with E-state index in [1.807, 2.05) is 0 Å². The number of alkyl halides is 39. The van der Waals surface area contributed by atoms with Crippen LogP contribution < -0.4 is 0 Å². The van der Waals surface area contributed by atoms with Crippen LogP contribution >= 0.6 is 0 Å². The van der Waals surface area contributed by atoms with Crippen molar-refractivity contribution in [2.24, 2.45) is 17.8 Å². The maximum Gasteiger partial charge on any atom is 0.460 e. The number of rotatable bonds is 29. The summed E-state index contributed by atoms with van der Waals surface area (Å²) in [6.45, 7) is -7.07. The second kappa shape index (κ2) is 24.1. The normalized spacial score (nSPS) is 17.2. The maximum absolute atomic E-state index is 15.1. The predicted octanol–water partition coefficient (Wildman–Crippen LogP) is 15.2. The van der Waals surface area contributed by atoms with Crippen molar-refractivity contribution >= 4 is 17.9 Å². The molecule has 0 rings (SSSR count). The third-order valence-corrected chi connectivity index (χ3v) is 11.1. The lowest BCUT2D eigenvalue weighted by Gasteiger charge is -2.43. The van der Waals surface area contributed by atoms with Crippen molar-refractivity contribution in [3.05, 3.63) is 34.9 Å². The Kier molecular flexibility index (Phi) is 22.6. The fourth-order valence-electron chi connectivity index (χ4n) is 6.15. The van der Waals surface area contributed by atoms with Gasteiger partial charge in [0.15, 0.2) is 0 Å². The molecule has 0 aromatic rings. The molecule has 0 saturated heterocycles. The van der Waals surface area contributed by atoms with Crippen LogP contribution in [0.4, 0.5) is 171 Å². The van der Waals surface area contributed by atoms with Gasteiger partial charge < -0.3 is 19.7 Å². The summed E-state index contributed by atoms with van der Waals surface area (Å²) in [5.41, 5.74) is -5.05. The summed E-state index contributed by atoms with van der Waals surface area (Å²) >= 11 is 0. The molecule has 0 bridgehead atoms. The van der Waals surface area contributed by atoms with Gasteiger partial charge in [0.05, 0.1) is 13.2 Å². The first-order valence-corrected chi connectivity index (χ1v) is 20.9. The van der Waals surface area contributed by atoms with Crippen molar-refractivity contribution in [3.8, 4) is 0 Å². The zero-order chi connectivity index (χ0) is 69.0. The smallest absolute Gasteiger partial charge is 0.460 e. The molecule has 0 aliphatic rings. The molecule has 0 aliphatic carbocycles. The van der Waals surface area contributed by atoms with Gasteiger partial charge in [-0.05, 0) is 20.8 Å². The summed E-state index contributed by atoms with van der Waals surface area (Å²) in [5.74, 6) is -142. The summed E-state index contributed by atoms with van der Waals surface area (Å²) in [6, 6.07) is 0. The average molecular weight is 1350 g/mol. The lowest BCUT2D eigenvalue weighted by atomic mass is 9.86. The summed E-state index contributed by atoms with van der Waals surface area (Å²) in [4.78, 5) is 36.6. The molecule has 0 fully saturated rings. The summed E-state index contributed by atoms with van der Waals surface area (Å²) < 4.78 is 544. The number of aliphatic hydroxyl groups excluding tert-OH is 1. The first kappa shape index (κ1) is 79.9. The number of carboxylic acid groups (broad SMARTS) is 1. The molecule has 0 radical (unpaired) electrons. The number of carbonyl (C=O) groups excluding carboxylic acids is 2. The first-order valence-electron chi connectivity index (χ1n) is 20.9. The molecule has 46 heteroatoms. The second-order valence-electron chi connectivity index (χ2n) is 17.6. The summed E-state index contributed by atoms with van der Waals surface area (Å²) in [5, 5.41) is 18.3. The lowest BCUT2D eigenvalue weighted by molar-refractivity contribution is -0.462. The molecule has 500 valence electrons. The number of carbonyl (C=O) groups is 3. The largest absolute Gasteiger partial charge is 0.478 e. The fourth-order valence-corrected chi connectivity index (χ4v) is 6.15. The predicted molar refractivity (Wildman–Crippen MR) is 195 cm³/mol. The molecule has 7 nitrogen and oxygen atoms in total. The molecule has 3 unspecified atom stereocenters. The van der Waals surface area contributed by atoms with E-state index in [1.165, 1.54) is 0 Å². The van der Waals surface area contributed by atoms with Gasteiger partial charge in [0.25, 0.3) is 0 Å². The number of aliphatic carboxylic acids is 1. The van der Waals surface area contributed by atoms with Crippen LogP contribution in [-0.4, -0.2) is 155 Å². The van der Waals surface area contributed by atoms with Gasteiger partial charge in [-0.3, -0.25) is 0 Å².